The second-order valence-corrected chi connectivity index (χ2v) is 8.46. The summed E-state index contributed by atoms with van der Waals surface area (Å²) in [7, 11) is 0. The summed E-state index contributed by atoms with van der Waals surface area (Å²) in [4.78, 5) is 25.0. The average Bonchev–Trinajstić information content (AvgIpc) is 3.24. The van der Waals surface area contributed by atoms with Crippen molar-refractivity contribution in [3.63, 3.8) is 0 Å². The van der Waals surface area contributed by atoms with Crippen molar-refractivity contribution in [1.82, 2.24) is 10.6 Å². The van der Waals surface area contributed by atoms with E-state index in [4.69, 9.17) is 4.74 Å². The molecule has 0 saturated heterocycles. The van der Waals surface area contributed by atoms with Crippen molar-refractivity contribution >= 4 is 11.8 Å². The molecular formula is C21H28N2O3. The number of rotatable bonds is 7. The fourth-order valence-electron chi connectivity index (χ4n) is 5.06. The molecule has 6 atom stereocenters. The van der Waals surface area contributed by atoms with Gasteiger partial charge in [0.15, 0.2) is 6.61 Å². The molecule has 1 aromatic rings. The molecule has 3 aliphatic carbocycles. The molecule has 26 heavy (non-hydrogen) atoms. The Kier molecular flexibility index (Phi) is 4.63. The molecule has 0 aromatic heterocycles. The molecule has 2 N–H and O–H groups in total. The Bertz CT molecular complexity index is 675. The summed E-state index contributed by atoms with van der Waals surface area (Å²) in [5.74, 6) is 3.65. The maximum atomic E-state index is 12.8. The third kappa shape index (κ3) is 3.44. The lowest BCUT2D eigenvalue weighted by Gasteiger charge is -2.27. The van der Waals surface area contributed by atoms with Crippen LogP contribution in [0.4, 0.5) is 0 Å². The van der Waals surface area contributed by atoms with Gasteiger partial charge in [-0.25, -0.2) is 0 Å². The van der Waals surface area contributed by atoms with Crippen molar-refractivity contribution in [2.24, 2.45) is 29.6 Å². The quantitative estimate of drug-likeness (QED) is 0.788. The summed E-state index contributed by atoms with van der Waals surface area (Å²) in [6.07, 6.45) is 3.76. The van der Waals surface area contributed by atoms with Gasteiger partial charge in [0, 0.05) is 6.04 Å². The van der Waals surface area contributed by atoms with Gasteiger partial charge in [-0.2, -0.15) is 0 Å². The Morgan fingerprint density at radius 1 is 1.08 bits per heavy atom. The van der Waals surface area contributed by atoms with Gasteiger partial charge in [0.2, 0.25) is 5.91 Å². The monoisotopic (exact) mass is 356 g/mol. The first-order valence-corrected chi connectivity index (χ1v) is 9.80. The fraction of sp³-hybridized carbons (Fsp3) is 0.619. The molecule has 0 radical (unpaired) electrons. The minimum Gasteiger partial charge on any atom is -0.484 e. The van der Waals surface area contributed by atoms with Crippen molar-refractivity contribution < 1.29 is 14.3 Å². The number of para-hydroxylation sites is 1. The predicted molar refractivity (Wildman–Crippen MR) is 98.4 cm³/mol. The highest BCUT2D eigenvalue weighted by Crippen LogP contribution is 2.65. The lowest BCUT2D eigenvalue weighted by Crippen LogP contribution is -2.53. The van der Waals surface area contributed by atoms with E-state index in [1.54, 1.807) is 12.1 Å². The smallest absolute Gasteiger partial charge is 0.258 e. The van der Waals surface area contributed by atoms with Gasteiger partial charge in [-0.1, -0.05) is 32.0 Å². The van der Waals surface area contributed by atoms with E-state index < -0.39 is 6.04 Å². The summed E-state index contributed by atoms with van der Waals surface area (Å²) in [6.45, 7) is 3.83. The molecule has 3 fully saturated rings. The van der Waals surface area contributed by atoms with Gasteiger partial charge >= 0.3 is 0 Å². The number of benzene rings is 1. The highest BCUT2D eigenvalue weighted by Gasteiger charge is 2.61. The van der Waals surface area contributed by atoms with Gasteiger partial charge in [0.05, 0.1) is 0 Å². The molecule has 5 unspecified atom stereocenters. The predicted octanol–water partition coefficient (Wildman–Crippen LogP) is 2.37. The van der Waals surface area contributed by atoms with E-state index in [1.165, 1.54) is 12.8 Å². The Hall–Kier alpha value is -2.04. The van der Waals surface area contributed by atoms with Crippen LogP contribution in [0.25, 0.3) is 0 Å². The molecule has 3 saturated carbocycles. The van der Waals surface area contributed by atoms with Crippen molar-refractivity contribution in [2.75, 3.05) is 6.61 Å². The van der Waals surface area contributed by atoms with Crippen LogP contribution in [0.5, 0.6) is 5.75 Å². The van der Waals surface area contributed by atoms with Crippen LogP contribution in [0.3, 0.4) is 0 Å². The number of carbonyl (C=O) groups excluding carboxylic acids is 2. The Balaban J connectivity index is 1.29. The highest BCUT2D eigenvalue weighted by atomic mass is 16.5. The first kappa shape index (κ1) is 17.4. The van der Waals surface area contributed by atoms with E-state index in [-0.39, 0.29) is 24.3 Å². The molecule has 2 amide bonds. The first-order chi connectivity index (χ1) is 12.5. The molecule has 140 valence electrons. The summed E-state index contributed by atoms with van der Waals surface area (Å²) >= 11 is 0. The molecule has 4 rings (SSSR count). The minimum atomic E-state index is -0.518. The van der Waals surface area contributed by atoms with Crippen molar-refractivity contribution in [3.8, 4) is 5.75 Å². The van der Waals surface area contributed by atoms with Crippen molar-refractivity contribution in [3.05, 3.63) is 30.3 Å². The molecule has 1 aromatic carbocycles. The topological polar surface area (TPSA) is 67.4 Å². The van der Waals surface area contributed by atoms with Crippen LogP contribution < -0.4 is 15.4 Å². The molecule has 2 bridgehead atoms. The van der Waals surface area contributed by atoms with Gasteiger partial charge in [-0.15, -0.1) is 0 Å². The molecule has 3 aliphatic rings. The van der Waals surface area contributed by atoms with Gasteiger partial charge in [-0.05, 0) is 61.0 Å². The van der Waals surface area contributed by atoms with Gasteiger partial charge in [0.1, 0.15) is 11.8 Å². The number of hydrogen-bond acceptors (Lipinski definition) is 3. The fourth-order valence-corrected chi connectivity index (χ4v) is 5.06. The number of hydrogen-bond donors (Lipinski definition) is 2. The van der Waals surface area contributed by atoms with Crippen LogP contribution in [0.1, 0.15) is 33.1 Å². The Morgan fingerprint density at radius 3 is 2.50 bits per heavy atom. The van der Waals surface area contributed by atoms with E-state index in [0.717, 1.165) is 24.2 Å². The summed E-state index contributed by atoms with van der Waals surface area (Å²) < 4.78 is 5.48. The third-order valence-electron chi connectivity index (χ3n) is 6.40. The van der Waals surface area contributed by atoms with Crippen LogP contribution in [-0.4, -0.2) is 30.5 Å². The van der Waals surface area contributed by atoms with Crippen molar-refractivity contribution in [1.29, 1.82) is 0 Å². The number of ether oxygens (including phenoxy) is 1. The van der Waals surface area contributed by atoms with E-state index in [2.05, 4.69) is 10.6 Å². The minimum absolute atomic E-state index is 0.0305. The molecule has 0 heterocycles. The summed E-state index contributed by atoms with van der Waals surface area (Å²) in [5, 5.41) is 6.08. The van der Waals surface area contributed by atoms with E-state index in [0.29, 0.717) is 17.7 Å². The zero-order valence-electron chi connectivity index (χ0n) is 15.5. The van der Waals surface area contributed by atoms with E-state index in [1.807, 2.05) is 32.0 Å². The summed E-state index contributed by atoms with van der Waals surface area (Å²) in [5.41, 5.74) is 0. The maximum absolute atomic E-state index is 12.8. The van der Waals surface area contributed by atoms with Gasteiger partial charge in [0.25, 0.3) is 5.91 Å². The largest absolute Gasteiger partial charge is 0.484 e. The zero-order chi connectivity index (χ0) is 18.3. The number of amides is 2. The normalized spacial score (nSPS) is 32.0. The standard InChI is InChI=1S/C21H28N2O3/c1-12(2)20(23-19(24)11-26-14-6-4-3-5-7-14)21(25)22-18-9-13-8-17(18)16-10-15(13)16/h3-7,12-13,15-18,20H,8-11H2,1-2H3,(H,22,25)(H,23,24)/t13?,15?,16?,17?,18?,20-/m0/s1. The Morgan fingerprint density at radius 2 is 1.85 bits per heavy atom. The third-order valence-corrected chi connectivity index (χ3v) is 6.40. The van der Waals surface area contributed by atoms with Crippen molar-refractivity contribution in [2.45, 2.75) is 45.2 Å². The number of nitrogens with one attached hydrogen (secondary N) is 2. The van der Waals surface area contributed by atoms with E-state index in [9.17, 15) is 9.59 Å². The first-order valence-electron chi connectivity index (χ1n) is 9.80. The SMILES string of the molecule is CC(C)[C@H](NC(=O)COc1ccccc1)C(=O)NC1CC2CC1C1CC21. The van der Waals surface area contributed by atoms with E-state index >= 15 is 0 Å². The van der Waals surface area contributed by atoms with Crippen LogP contribution in [0, 0.1) is 29.6 Å². The molecule has 5 heteroatoms. The second kappa shape index (κ2) is 6.93. The van der Waals surface area contributed by atoms with Crippen LogP contribution >= 0.6 is 0 Å². The molecule has 5 nitrogen and oxygen atoms in total. The molecular weight excluding hydrogens is 328 g/mol. The van der Waals surface area contributed by atoms with Crippen LogP contribution in [0.2, 0.25) is 0 Å². The lowest BCUT2D eigenvalue weighted by molar-refractivity contribution is -0.131. The average molecular weight is 356 g/mol. The zero-order valence-corrected chi connectivity index (χ0v) is 15.5. The Labute approximate surface area is 154 Å². The van der Waals surface area contributed by atoms with Crippen LogP contribution in [0.15, 0.2) is 30.3 Å². The summed E-state index contributed by atoms with van der Waals surface area (Å²) in [6, 6.07) is 9.01. The molecule has 0 spiro atoms. The maximum Gasteiger partial charge on any atom is 0.258 e. The molecule has 0 aliphatic heterocycles. The number of fused-ring (bicyclic) bond motifs is 5. The lowest BCUT2D eigenvalue weighted by atomic mass is 9.94. The highest BCUT2D eigenvalue weighted by molar-refractivity contribution is 5.88. The van der Waals surface area contributed by atoms with Crippen LogP contribution in [-0.2, 0) is 9.59 Å². The second-order valence-electron chi connectivity index (χ2n) is 8.46. The van der Waals surface area contributed by atoms with Gasteiger partial charge < -0.3 is 15.4 Å². The van der Waals surface area contributed by atoms with Gasteiger partial charge in [-0.3, -0.25) is 9.59 Å². The number of carbonyl (C=O) groups is 2.